The standard InChI is InChI=1S/C15H29N3O/c1-11(2)7-14-16-8-15(19)18(14)10-13-5-6-17(9-13)12(3)4/h11-14,16H,5-10H2,1-4H3. The summed E-state index contributed by atoms with van der Waals surface area (Å²) in [6.07, 6.45) is 2.56. The maximum atomic E-state index is 12.0. The summed E-state index contributed by atoms with van der Waals surface area (Å²) in [7, 11) is 0. The third-order valence-corrected chi connectivity index (χ3v) is 4.38. The first-order valence-corrected chi connectivity index (χ1v) is 7.74. The van der Waals surface area contributed by atoms with Crippen LogP contribution >= 0.6 is 0 Å². The Hall–Kier alpha value is -0.610. The average Bonchev–Trinajstić information content (AvgIpc) is 2.90. The molecule has 2 rings (SSSR count). The fourth-order valence-corrected chi connectivity index (χ4v) is 3.24. The van der Waals surface area contributed by atoms with E-state index in [4.69, 9.17) is 0 Å². The number of amides is 1. The van der Waals surface area contributed by atoms with Crippen LogP contribution in [0.1, 0.15) is 40.5 Å². The van der Waals surface area contributed by atoms with Crippen LogP contribution in [0.3, 0.4) is 0 Å². The van der Waals surface area contributed by atoms with Gasteiger partial charge in [-0.05, 0) is 45.1 Å². The van der Waals surface area contributed by atoms with Gasteiger partial charge in [0.1, 0.15) is 0 Å². The van der Waals surface area contributed by atoms with Crippen LogP contribution in [-0.4, -0.2) is 54.1 Å². The number of likely N-dealkylation sites (tertiary alicyclic amines) is 1. The molecule has 0 aromatic rings. The molecule has 2 aliphatic heterocycles. The van der Waals surface area contributed by atoms with E-state index in [0.29, 0.717) is 24.4 Å². The molecule has 2 fully saturated rings. The van der Waals surface area contributed by atoms with Crippen molar-refractivity contribution < 1.29 is 4.79 Å². The summed E-state index contributed by atoms with van der Waals surface area (Å²) in [4.78, 5) is 16.6. The SMILES string of the molecule is CC(C)CC1NCC(=O)N1CC1CCN(C(C)C)C1. The van der Waals surface area contributed by atoms with Crippen LogP contribution < -0.4 is 5.32 Å². The van der Waals surface area contributed by atoms with Crippen LogP contribution in [0, 0.1) is 11.8 Å². The minimum absolute atomic E-state index is 0.264. The van der Waals surface area contributed by atoms with Crippen LogP contribution in [0.2, 0.25) is 0 Å². The molecular weight excluding hydrogens is 238 g/mol. The number of hydrogen-bond acceptors (Lipinski definition) is 3. The number of rotatable bonds is 5. The lowest BCUT2D eigenvalue weighted by Crippen LogP contribution is -2.42. The van der Waals surface area contributed by atoms with Crippen molar-refractivity contribution in [1.82, 2.24) is 15.1 Å². The second-order valence-electron chi connectivity index (χ2n) is 6.82. The van der Waals surface area contributed by atoms with Gasteiger partial charge in [-0.1, -0.05) is 13.8 Å². The van der Waals surface area contributed by atoms with Gasteiger partial charge in [0.05, 0.1) is 12.7 Å². The fraction of sp³-hybridized carbons (Fsp3) is 0.933. The number of carbonyl (C=O) groups excluding carboxylic acids is 1. The summed E-state index contributed by atoms with van der Waals surface area (Å²) in [6.45, 7) is 12.8. The third-order valence-electron chi connectivity index (χ3n) is 4.38. The van der Waals surface area contributed by atoms with Gasteiger partial charge in [-0.25, -0.2) is 0 Å². The first-order valence-electron chi connectivity index (χ1n) is 7.74. The zero-order valence-corrected chi connectivity index (χ0v) is 12.9. The van der Waals surface area contributed by atoms with Crippen molar-refractivity contribution >= 4 is 5.91 Å². The van der Waals surface area contributed by atoms with Crippen LogP contribution in [0.15, 0.2) is 0 Å². The number of hydrogen-bond donors (Lipinski definition) is 1. The van der Waals surface area contributed by atoms with Gasteiger partial charge in [-0.2, -0.15) is 0 Å². The minimum Gasteiger partial charge on any atom is -0.326 e. The van der Waals surface area contributed by atoms with Crippen molar-refractivity contribution in [3.63, 3.8) is 0 Å². The van der Waals surface area contributed by atoms with Gasteiger partial charge in [-0.3, -0.25) is 10.1 Å². The Kier molecular flexibility index (Phi) is 4.85. The minimum atomic E-state index is 0.264. The lowest BCUT2D eigenvalue weighted by molar-refractivity contribution is -0.128. The Morgan fingerprint density at radius 2 is 2.05 bits per heavy atom. The summed E-state index contributed by atoms with van der Waals surface area (Å²) < 4.78 is 0. The van der Waals surface area contributed by atoms with Crippen LogP contribution in [0.25, 0.3) is 0 Å². The molecule has 4 nitrogen and oxygen atoms in total. The monoisotopic (exact) mass is 267 g/mol. The van der Waals surface area contributed by atoms with E-state index in [0.717, 1.165) is 19.5 Å². The molecule has 0 aromatic carbocycles. The quantitative estimate of drug-likeness (QED) is 0.820. The van der Waals surface area contributed by atoms with Crippen LogP contribution in [0.5, 0.6) is 0 Å². The molecule has 0 aromatic heterocycles. The molecule has 0 saturated carbocycles. The zero-order chi connectivity index (χ0) is 14.0. The smallest absolute Gasteiger partial charge is 0.237 e. The number of carbonyl (C=O) groups is 1. The predicted molar refractivity (Wildman–Crippen MR) is 77.8 cm³/mol. The molecule has 0 spiro atoms. The molecule has 19 heavy (non-hydrogen) atoms. The summed E-state index contributed by atoms with van der Waals surface area (Å²) in [5.74, 6) is 1.57. The van der Waals surface area contributed by atoms with Crippen LogP contribution in [0.4, 0.5) is 0 Å². The lowest BCUT2D eigenvalue weighted by atomic mass is 10.1. The molecule has 2 aliphatic rings. The van der Waals surface area contributed by atoms with Crippen molar-refractivity contribution in [3.05, 3.63) is 0 Å². The molecular formula is C15H29N3O. The Morgan fingerprint density at radius 1 is 1.32 bits per heavy atom. The van der Waals surface area contributed by atoms with E-state index >= 15 is 0 Å². The van der Waals surface area contributed by atoms with Gasteiger partial charge in [0.15, 0.2) is 0 Å². The van der Waals surface area contributed by atoms with Gasteiger partial charge in [0.25, 0.3) is 0 Å². The van der Waals surface area contributed by atoms with Gasteiger partial charge in [0.2, 0.25) is 5.91 Å². The van der Waals surface area contributed by atoms with E-state index in [-0.39, 0.29) is 12.1 Å². The highest BCUT2D eigenvalue weighted by Gasteiger charge is 2.34. The molecule has 0 radical (unpaired) electrons. The lowest BCUT2D eigenvalue weighted by Gasteiger charge is -2.28. The molecule has 1 N–H and O–H groups in total. The van der Waals surface area contributed by atoms with Crippen molar-refractivity contribution in [2.75, 3.05) is 26.2 Å². The second kappa shape index (κ2) is 6.23. The second-order valence-corrected chi connectivity index (χ2v) is 6.82. The molecule has 1 amide bonds. The third kappa shape index (κ3) is 3.69. The first kappa shape index (κ1) is 14.8. The average molecular weight is 267 g/mol. The van der Waals surface area contributed by atoms with E-state index in [1.807, 2.05) is 0 Å². The molecule has 2 atom stereocenters. The van der Waals surface area contributed by atoms with Crippen molar-refractivity contribution in [1.29, 1.82) is 0 Å². The maximum absolute atomic E-state index is 12.0. The Morgan fingerprint density at radius 3 is 2.63 bits per heavy atom. The molecule has 2 heterocycles. The Labute approximate surface area is 117 Å². The van der Waals surface area contributed by atoms with E-state index in [1.165, 1.54) is 13.0 Å². The summed E-state index contributed by atoms with van der Waals surface area (Å²) in [5.41, 5.74) is 0. The number of nitrogens with one attached hydrogen (secondary N) is 1. The highest BCUT2D eigenvalue weighted by Crippen LogP contribution is 2.22. The van der Waals surface area contributed by atoms with Gasteiger partial charge >= 0.3 is 0 Å². The van der Waals surface area contributed by atoms with Crippen molar-refractivity contribution in [2.24, 2.45) is 11.8 Å². The summed E-state index contributed by atoms with van der Waals surface area (Å²) >= 11 is 0. The number of nitrogens with zero attached hydrogens (tertiary/aromatic N) is 2. The predicted octanol–water partition coefficient (Wildman–Crippen LogP) is 1.52. The normalized spacial score (nSPS) is 29.2. The van der Waals surface area contributed by atoms with Gasteiger partial charge in [0, 0.05) is 19.1 Å². The van der Waals surface area contributed by atoms with Gasteiger partial charge in [-0.15, -0.1) is 0 Å². The topological polar surface area (TPSA) is 35.6 Å². The van der Waals surface area contributed by atoms with Crippen molar-refractivity contribution in [3.8, 4) is 0 Å². The molecule has 0 aliphatic carbocycles. The summed E-state index contributed by atoms with van der Waals surface area (Å²) in [5, 5.41) is 3.36. The van der Waals surface area contributed by atoms with Crippen molar-refractivity contribution in [2.45, 2.75) is 52.7 Å². The van der Waals surface area contributed by atoms with E-state index in [9.17, 15) is 4.79 Å². The molecule has 2 unspecified atom stereocenters. The highest BCUT2D eigenvalue weighted by molar-refractivity contribution is 5.80. The maximum Gasteiger partial charge on any atom is 0.237 e. The fourth-order valence-electron chi connectivity index (χ4n) is 3.24. The highest BCUT2D eigenvalue weighted by atomic mass is 16.2. The molecule has 2 saturated heterocycles. The van der Waals surface area contributed by atoms with Crippen LogP contribution in [-0.2, 0) is 4.79 Å². The molecule has 110 valence electrons. The first-order chi connectivity index (χ1) is 8.97. The summed E-state index contributed by atoms with van der Waals surface area (Å²) in [6, 6.07) is 0.629. The Balaban J connectivity index is 1.88. The van der Waals surface area contributed by atoms with E-state index in [1.54, 1.807) is 0 Å². The largest absolute Gasteiger partial charge is 0.326 e. The molecule has 4 heteroatoms. The zero-order valence-electron chi connectivity index (χ0n) is 12.9. The van der Waals surface area contributed by atoms with E-state index < -0.39 is 0 Å². The van der Waals surface area contributed by atoms with E-state index in [2.05, 4.69) is 42.8 Å². The Bertz CT molecular complexity index is 317. The molecule has 0 bridgehead atoms. The van der Waals surface area contributed by atoms with Gasteiger partial charge < -0.3 is 9.80 Å².